The van der Waals surface area contributed by atoms with Gasteiger partial charge in [-0.3, -0.25) is 4.79 Å². The molecule has 0 saturated carbocycles. The Kier molecular flexibility index (Phi) is 6.11. The van der Waals surface area contributed by atoms with Crippen molar-refractivity contribution in [2.75, 3.05) is 32.6 Å². The summed E-state index contributed by atoms with van der Waals surface area (Å²) in [4.78, 5) is 15.3. The number of nitrogens with one attached hydrogen (secondary N) is 1. The van der Waals surface area contributed by atoms with Gasteiger partial charge in [0, 0.05) is 36.4 Å². The number of piperidine rings is 1. The van der Waals surface area contributed by atoms with Crippen LogP contribution >= 0.6 is 0 Å². The number of carbonyl (C=O) groups is 1. The lowest BCUT2D eigenvalue weighted by molar-refractivity contribution is 0.0713. The van der Waals surface area contributed by atoms with Crippen molar-refractivity contribution in [2.45, 2.75) is 25.8 Å². The molecule has 3 aromatic rings. The maximum absolute atomic E-state index is 13.4. The molecular formula is C24H27N3O4. The number of carbonyl (C=O) groups excluding carboxylic acids is 1. The Bertz CT molecular complexity index is 1050. The van der Waals surface area contributed by atoms with Crippen LogP contribution in [-0.4, -0.2) is 49.3 Å². The molecule has 1 aromatic heterocycles. The van der Waals surface area contributed by atoms with E-state index in [1.54, 1.807) is 21.1 Å². The average molecular weight is 421 g/mol. The molecule has 31 heavy (non-hydrogen) atoms. The normalized spacial score (nSPS) is 16.1. The van der Waals surface area contributed by atoms with Crippen LogP contribution in [0.2, 0.25) is 0 Å². The number of amides is 1. The maximum atomic E-state index is 13.4. The van der Waals surface area contributed by atoms with Gasteiger partial charge in [-0.15, -0.1) is 0 Å². The van der Waals surface area contributed by atoms with Crippen molar-refractivity contribution in [3.8, 4) is 22.8 Å². The first kappa shape index (κ1) is 20.8. The second-order valence-electron chi connectivity index (χ2n) is 7.63. The quantitative estimate of drug-likeness (QED) is 0.636. The number of aromatic nitrogens is 1. The van der Waals surface area contributed by atoms with E-state index in [0.717, 1.165) is 24.1 Å². The molecule has 7 heteroatoms. The SMILES string of the molecule is COc1ccc(NC2CCCN(C(=O)c3c(-c4ccccc4)noc3C)C2)cc1OC. The number of aryl methyl sites for hydroxylation is 1. The highest BCUT2D eigenvalue weighted by atomic mass is 16.5. The summed E-state index contributed by atoms with van der Waals surface area (Å²) < 4.78 is 16.1. The second kappa shape index (κ2) is 9.12. The molecule has 1 fully saturated rings. The van der Waals surface area contributed by atoms with Crippen LogP contribution in [0.15, 0.2) is 53.1 Å². The number of methoxy groups -OCH3 is 2. The lowest BCUT2D eigenvalue weighted by Gasteiger charge is -2.33. The van der Waals surface area contributed by atoms with E-state index in [9.17, 15) is 4.79 Å². The van der Waals surface area contributed by atoms with Crippen molar-refractivity contribution in [2.24, 2.45) is 0 Å². The molecule has 1 atom stereocenters. The highest BCUT2D eigenvalue weighted by molar-refractivity contribution is 6.00. The van der Waals surface area contributed by atoms with Gasteiger partial charge in [-0.2, -0.15) is 0 Å². The number of hydrogen-bond acceptors (Lipinski definition) is 6. The molecular weight excluding hydrogens is 394 g/mol. The van der Waals surface area contributed by atoms with Gasteiger partial charge in [-0.25, -0.2) is 0 Å². The Morgan fingerprint density at radius 3 is 2.65 bits per heavy atom. The van der Waals surface area contributed by atoms with Gasteiger partial charge in [-0.05, 0) is 31.9 Å². The largest absolute Gasteiger partial charge is 0.493 e. The summed E-state index contributed by atoms with van der Waals surface area (Å²) in [5, 5.41) is 7.69. The lowest BCUT2D eigenvalue weighted by atomic mass is 10.0. The Morgan fingerprint density at radius 2 is 1.90 bits per heavy atom. The van der Waals surface area contributed by atoms with Crippen molar-refractivity contribution < 1.29 is 18.8 Å². The summed E-state index contributed by atoms with van der Waals surface area (Å²) in [6.45, 7) is 3.10. The summed E-state index contributed by atoms with van der Waals surface area (Å²) in [6.07, 6.45) is 1.90. The minimum Gasteiger partial charge on any atom is -0.493 e. The van der Waals surface area contributed by atoms with E-state index in [2.05, 4.69) is 10.5 Å². The van der Waals surface area contributed by atoms with Crippen LogP contribution in [0.25, 0.3) is 11.3 Å². The minimum atomic E-state index is -0.0450. The van der Waals surface area contributed by atoms with Crippen molar-refractivity contribution in [1.82, 2.24) is 10.1 Å². The fourth-order valence-electron chi connectivity index (χ4n) is 4.02. The van der Waals surface area contributed by atoms with Crippen LogP contribution in [0.3, 0.4) is 0 Å². The molecule has 2 heterocycles. The predicted octanol–water partition coefficient (Wildman–Crippen LogP) is 4.38. The third kappa shape index (κ3) is 4.35. The van der Waals surface area contributed by atoms with E-state index >= 15 is 0 Å². The van der Waals surface area contributed by atoms with E-state index in [-0.39, 0.29) is 11.9 Å². The van der Waals surface area contributed by atoms with E-state index in [1.807, 2.05) is 53.4 Å². The minimum absolute atomic E-state index is 0.0450. The number of likely N-dealkylation sites (tertiary alicyclic amines) is 1. The zero-order chi connectivity index (χ0) is 21.8. The first-order valence-corrected chi connectivity index (χ1v) is 10.4. The summed E-state index contributed by atoms with van der Waals surface area (Å²) in [6, 6.07) is 15.5. The first-order valence-electron chi connectivity index (χ1n) is 10.4. The summed E-state index contributed by atoms with van der Waals surface area (Å²) in [7, 11) is 3.24. The standard InChI is InChI=1S/C24H27N3O4/c1-16-22(23(26-31-16)17-8-5-4-6-9-17)24(28)27-13-7-10-19(15-27)25-18-11-12-20(29-2)21(14-18)30-3/h4-6,8-9,11-12,14,19,25H,7,10,13,15H2,1-3H3. The summed E-state index contributed by atoms with van der Waals surface area (Å²) in [5.74, 6) is 1.85. The van der Waals surface area contributed by atoms with Crippen molar-refractivity contribution in [3.05, 3.63) is 59.9 Å². The van der Waals surface area contributed by atoms with Crippen molar-refractivity contribution in [1.29, 1.82) is 0 Å². The average Bonchev–Trinajstić information content (AvgIpc) is 3.20. The number of nitrogens with zero attached hydrogens (tertiary/aromatic N) is 2. The molecule has 0 spiro atoms. The van der Waals surface area contributed by atoms with Crippen LogP contribution in [0.5, 0.6) is 11.5 Å². The predicted molar refractivity (Wildman–Crippen MR) is 119 cm³/mol. The molecule has 2 aromatic carbocycles. The van der Waals surface area contributed by atoms with Gasteiger partial charge < -0.3 is 24.2 Å². The number of anilines is 1. The van der Waals surface area contributed by atoms with Gasteiger partial charge in [0.15, 0.2) is 11.5 Å². The second-order valence-corrected chi connectivity index (χ2v) is 7.63. The number of hydrogen-bond donors (Lipinski definition) is 1. The van der Waals surface area contributed by atoms with Crippen LogP contribution in [0.1, 0.15) is 29.0 Å². The third-order valence-electron chi connectivity index (χ3n) is 5.59. The van der Waals surface area contributed by atoms with E-state index in [0.29, 0.717) is 41.6 Å². The van der Waals surface area contributed by atoms with Crippen molar-refractivity contribution in [3.63, 3.8) is 0 Å². The zero-order valence-electron chi connectivity index (χ0n) is 18.1. The number of ether oxygens (including phenoxy) is 2. The molecule has 1 aliphatic heterocycles. The molecule has 7 nitrogen and oxygen atoms in total. The summed E-state index contributed by atoms with van der Waals surface area (Å²) >= 11 is 0. The Balaban J connectivity index is 1.51. The monoisotopic (exact) mass is 421 g/mol. The Labute approximate surface area is 181 Å². The first-order chi connectivity index (χ1) is 15.1. The van der Waals surface area contributed by atoms with Crippen LogP contribution in [0.4, 0.5) is 5.69 Å². The molecule has 1 saturated heterocycles. The van der Waals surface area contributed by atoms with E-state index in [1.165, 1.54) is 0 Å². The van der Waals surface area contributed by atoms with Crippen LogP contribution < -0.4 is 14.8 Å². The molecule has 0 radical (unpaired) electrons. The molecule has 1 amide bonds. The number of rotatable bonds is 6. The van der Waals surface area contributed by atoms with E-state index < -0.39 is 0 Å². The molecule has 0 bridgehead atoms. The van der Waals surface area contributed by atoms with E-state index in [4.69, 9.17) is 14.0 Å². The highest BCUT2D eigenvalue weighted by Gasteiger charge is 2.30. The topological polar surface area (TPSA) is 76.8 Å². The molecule has 0 aliphatic carbocycles. The maximum Gasteiger partial charge on any atom is 0.259 e. The zero-order valence-corrected chi connectivity index (χ0v) is 18.1. The fourth-order valence-corrected chi connectivity index (χ4v) is 4.02. The molecule has 1 unspecified atom stereocenters. The van der Waals surface area contributed by atoms with Crippen LogP contribution in [0, 0.1) is 6.92 Å². The molecule has 1 N–H and O–H groups in total. The van der Waals surface area contributed by atoms with Gasteiger partial charge in [0.1, 0.15) is 17.0 Å². The highest BCUT2D eigenvalue weighted by Crippen LogP contribution is 2.31. The molecule has 4 rings (SSSR count). The number of benzene rings is 2. The summed E-state index contributed by atoms with van der Waals surface area (Å²) in [5.41, 5.74) is 2.94. The fraction of sp³-hybridized carbons (Fsp3) is 0.333. The van der Waals surface area contributed by atoms with Gasteiger partial charge >= 0.3 is 0 Å². The Morgan fingerprint density at radius 1 is 1.13 bits per heavy atom. The van der Waals surface area contributed by atoms with Crippen LogP contribution in [-0.2, 0) is 0 Å². The van der Waals surface area contributed by atoms with Gasteiger partial charge in [0.25, 0.3) is 5.91 Å². The van der Waals surface area contributed by atoms with Crippen molar-refractivity contribution >= 4 is 11.6 Å². The van der Waals surface area contributed by atoms with Gasteiger partial charge in [-0.1, -0.05) is 35.5 Å². The van der Waals surface area contributed by atoms with Gasteiger partial charge in [0.2, 0.25) is 0 Å². The molecule has 1 aliphatic rings. The lowest BCUT2D eigenvalue weighted by Crippen LogP contribution is -2.45. The Hall–Kier alpha value is -3.48. The molecule has 162 valence electrons. The van der Waals surface area contributed by atoms with Gasteiger partial charge in [0.05, 0.1) is 14.2 Å². The smallest absolute Gasteiger partial charge is 0.259 e. The third-order valence-corrected chi connectivity index (χ3v) is 5.59.